The summed E-state index contributed by atoms with van der Waals surface area (Å²) in [6.07, 6.45) is 1.04. The lowest BCUT2D eigenvalue weighted by atomic mass is 9.89. The molecule has 2 aromatic rings. The first kappa shape index (κ1) is 18.0. The van der Waals surface area contributed by atoms with Crippen LogP contribution in [-0.2, 0) is 6.18 Å². The standard InChI is InChI=1S/C18H16F3N3O2/c19-18(20,21)14-5-3-12(4-6-14)16(25)13-2-1-9-24(11-13)17(26)15-10-22-7-8-23-15/h3-8,10,13H,1-2,9,11H2/t13-/m0/s1. The second-order valence-electron chi connectivity index (χ2n) is 6.12. The molecule has 26 heavy (non-hydrogen) atoms. The summed E-state index contributed by atoms with van der Waals surface area (Å²) in [4.78, 5) is 34.4. The predicted octanol–water partition coefficient (Wildman–Crippen LogP) is 3.23. The van der Waals surface area contributed by atoms with Gasteiger partial charge in [-0.15, -0.1) is 0 Å². The molecule has 1 aromatic carbocycles. The molecule has 0 bridgehead atoms. The van der Waals surface area contributed by atoms with Crippen molar-refractivity contribution in [3.05, 3.63) is 59.7 Å². The van der Waals surface area contributed by atoms with Gasteiger partial charge in [-0.1, -0.05) is 12.1 Å². The van der Waals surface area contributed by atoms with Crippen LogP contribution in [0.15, 0.2) is 42.9 Å². The fraction of sp³-hybridized carbons (Fsp3) is 0.333. The van der Waals surface area contributed by atoms with E-state index < -0.39 is 17.7 Å². The monoisotopic (exact) mass is 363 g/mol. The highest BCUT2D eigenvalue weighted by Gasteiger charge is 2.32. The van der Waals surface area contributed by atoms with Gasteiger partial charge in [0.25, 0.3) is 5.91 Å². The molecule has 2 heterocycles. The number of piperidine rings is 1. The zero-order valence-corrected chi connectivity index (χ0v) is 13.7. The van der Waals surface area contributed by atoms with Crippen molar-refractivity contribution >= 4 is 11.7 Å². The number of hydrogen-bond donors (Lipinski definition) is 0. The summed E-state index contributed by atoms with van der Waals surface area (Å²) in [5.41, 5.74) is -0.371. The molecule has 5 nitrogen and oxygen atoms in total. The number of carbonyl (C=O) groups excluding carboxylic acids is 2. The van der Waals surface area contributed by atoms with Gasteiger partial charge in [0.15, 0.2) is 5.78 Å². The average molecular weight is 363 g/mol. The minimum Gasteiger partial charge on any atom is -0.337 e. The zero-order valence-electron chi connectivity index (χ0n) is 13.7. The molecule has 0 radical (unpaired) electrons. The number of ketones is 1. The third-order valence-electron chi connectivity index (χ3n) is 4.36. The number of benzene rings is 1. The molecule has 0 saturated carbocycles. The molecule has 0 unspecified atom stereocenters. The lowest BCUT2D eigenvalue weighted by Gasteiger charge is -2.31. The van der Waals surface area contributed by atoms with E-state index in [2.05, 4.69) is 9.97 Å². The number of Topliss-reactive ketones (excluding diaryl/α,β-unsaturated/α-hetero) is 1. The largest absolute Gasteiger partial charge is 0.416 e. The van der Waals surface area contributed by atoms with Gasteiger partial charge in [0, 0.05) is 37.0 Å². The highest BCUT2D eigenvalue weighted by molar-refractivity contribution is 5.99. The Bertz CT molecular complexity index is 792. The van der Waals surface area contributed by atoms with Crippen LogP contribution >= 0.6 is 0 Å². The minimum atomic E-state index is -4.44. The Kier molecular flexibility index (Phi) is 5.01. The van der Waals surface area contributed by atoms with Gasteiger partial charge >= 0.3 is 6.18 Å². The van der Waals surface area contributed by atoms with E-state index in [0.717, 1.165) is 12.1 Å². The Morgan fingerprint density at radius 3 is 2.46 bits per heavy atom. The Morgan fingerprint density at radius 1 is 1.12 bits per heavy atom. The smallest absolute Gasteiger partial charge is 0.337 e. The number of rotatable bonds is 3. The van der Waals surface area contributed by atoms with Crippen LogP contribution in [0.4, 0.5) is 13.2 Å². The third kappa shape index (κ3) is 3.89. The van der Waals surface area contributed by atoms with Crippen LogP contribution in [0, 0.1) is 5.92 Å². The Balaban J connectivity index is 1.71. The van der Waals surface area contributed by atoms with Crippen molar-refractivity contribution in [1.82, 2.24) is 14.9 Å². The minimum absolute atomic E-state index is 0.204. The van der Waals surface area contributed by atoms with Crippen LogP contribution < -0.4 is 0 Å². The molecule has 1 fully saturated rings. The first-order valence-electron chi connectivity index (χ1n) is 8.13. The van der Waals surface area contributed by atoms with E-state index in [1.807, 2.05) is 0 Å². The first-order chi connectivity index (χ1) is 12.4. The van der Waals surface area contributed by atoms with E-state index in [-0.39, 0.29) is 29.5 Å². The van der Waals surface area contributed by atoms with Gasteiger partial charge in [-0.3, -0.25) is 14.6 Å². The predicted molar refractivity (Wildman–Crippen MR) is 86.4 cm³/mol. The lowest BCUT2D eigenvalue weighted by molar-refractivity contribution is -0.137. The number of likely N-dealkylation sites (tertiary alicyclic amines) is 1. The molecule has 0 spiro atoms. The van der Waals surface area contributed by atoms with Gasteiger partial charge in [0.2, 0.25) is 0 Å². The van der Waals surface area contributed by atoms with E-state index in [4.69, 9.17) is 0 Å². The number of alkyl halides is 3. The van der Waals surface area contributed by atoms with Crippen molar-refractivity contribution in [2.75, 3.05) is 13.1 Å². The molecule has 1 saturated heterocycles. The maximum absolute atomic E-state index is 12.6. The first-order valence-corrected chi connectivity index (χ1v) is 8.13. The molecule has 1 aliphatic heterocycles. The van der Waals surface area contributed by atoms with Crippen molar-refractivity contribution in [3.63, 3.8) is 0 Å². The summed E-state index contributed by atoms with van der Waals surface area (Å²) in [6, 6.07) is 4.18. The summed E-state index contributed by atoms with van der Waals surface area (Å²) < 4.78 is 37.9. The maximum atomic E-state index is 12.6. The summed E-state index contributed by atoms with van der Waals surface area (Å²) in [7, 11) is 0. The summed E-state index contributed by atoms with van der Waals surface area (Å²) >= 11 is 0. The number of nitrogens with zero attached hydrogens (tertiary/aromatic N) is 3. The number of halogens is 3. The second kappa shape index (κ2) is 7.23. The molecule has 1 amide bonds. The number of aromatic nitrogens is 2. The van der Waals surface area contributed by atoms with Crippen molar-refractivity contribution in [2.24, 2.45) is 5.92 Å². The lowest BCUT2D eigenvalue weighted by Crippen LogP contribution is -2.42. The normalized spacial score (nSPS) is 17.8. The quantitative estimate of drug-likeness (QED) is 0.786. The number of hydrogen-bond acceptors (Lipinski definition) is 4. The van der Waals surface area contributed by atoms with Gasteiger partial charge < -0.3 is 4.90 Å². The highest BCUT2D eigenvalue weighted by atomic mass is 19.4. The Hall–Kier alpha value is -2.77. The van der Waals surface area contributed by atoms with Gasteiger partial charge in [0.05, 0.1) is 11.8 Å². The van der Waals surface area contributed by atoms with Crippen LogP contribution in [0.25, 0.3) is 0 Å². The Morgan fingerprint density at radius 2 is 1.85 bits per heavy atom. The Labute approximate surface area is 147 Å². The molecule has 1 aliphatic rings. The zero-order chi connectivity index (χ0) is 18.7. The van der Waals surface area contributed by atoms with Gasteiger partial charge in [-0.05, 0) is 25.0 Å². The van der Waals surface area contributed by atoms with Gasteiger partial charge in [0.1, 0.15) is 5.69 Å². The van der Waals surface area contributed by atoms with E-state index in [0.29, 0.717) is 19.4 Å². The fourth-order valence-corrected chi connectivity index (χ4v) is 3.01. The van der Waals surface area contributed by atoms with Crippen molar-refractivity contribution in [2.45, 2.75) is 19.0 Å². The molecule has 3 rings (SSSR count). The maximum Gasteiger partial charge on any atom is 0.416 e. The number of carbonyl (C=O) groups is 2. The van der Waals surface area contributed by atoms with Crippen LogP contribution in [0.2, 0.25) is 0 Å². The third-order valence-corrected chi connectivity index (χ3v) is 4.36. The molecule has 136 valence electrons. The highest BCUT2D eigenvalue weighted by Crippen LogP contribution is 2.30. The molecular formula is C18H16F3N3O2. The topological polar surface area (TPSA) is 63.2 Å². The van der Waals surface area contributed by atoms with Crippen LogP contribution in [0.3, 0.4) is 0 Å². The van der Waals surface area contributed by atoms with Crippen LogP contribution in [0.1, 0.15) is 39.3 Å². The number of amides is 1. The fourth-order valence-electron chi connectivity index (χ4n) is 3.01. The molecule has 8 heteroatoms. The molecule has 0 aliphatic carbocycles. The average Bonchev–Trinajstić information content (AvgIpc) is 2.67. The van der Waals surface area contributed by atoms with Gasteiger partial charge in [-0.2, -0.15) is 13.2 Å². The van der Waals surface area contributed by atoms with E-state index in [9.17, 15) is 22.8 Å². The van der Waals surface area contributed by atoms with E-state index in [1.54, 1.807) is 4.90 Å². The van der Waals surface area contributed by atoms with Crippen LogP contribution in [0.5, 0.6) is 0 Å². The molecule has 0 N–H and O–H groups in total. The summed E-state index contributed by atoms with van der Waals surface area (Å²) in [6.45, 7) is 0.724. The van der Waals surface area contributed by atoms with Crippen molar-refractivity contribution in [3.8, 4) is 0 Å². The SMILES string of the molecule is O=C(c1ccc(C(F)(F)F)cc1)[C@H]1CCCN(C(=O)c2cnccn2)C1. The van der Waals surface area contributed by atoms with Crippen molar-refractivity contribution < 1.29 is 22.8 Å². The molecular weight excluding hydrogens is 347 g/mol. The molecule has 1 aromatic heterocycles. The van der Waals surface area contributed by atoms with Gasteiger partial charge in [-0.25, -0.2) is 4.98 Å². The van der Waals surface area contributed by atoms with E-state index in [1.165, 1.54) is 30.7 Å². The summed E-state index contributed by atoms with van der Waals surface area (Å²) in [5.74, 6) is -1.00. The summed E-state index contributed by atoms with van der Waals surface area (Å²) in [5, 5.41) is 0. The van der Waals surface area contributed by atoms with E-state index >= 15 is 0 Å². The molecule has 1 atom stereocenters. The second-order valence-corrected chi connectivity index (χ2v) is 6.12. The van der Waals surface area contributed by atoms with Crippen LogP contribution in [-0.4, -0.2) is 39.6 Å². The van der Waals surface area contributed by atoms with Crippen molar-refractivity contribution in [1.29, 1.82) is 0 Å².